The first-order valence-corrected chi connectivity index (χ1v) is 7.36. The topological polar surface area (TPSA) is 50.2 Å². The Labute approximate surface area is 124 Å². The molecule has 3 heterocycles. The van der Waals surface area contributed by atoms with Gasteiger partial charge in [0.25, 0.3) is 0 Å². The lowest BCUT2D eigenvalue weighted by atomic mass is 10.1. The van der Waals surface area contributed by atoms with Gasteiger partial charge in [-0.15, -0.1) is 11.3 Å². The molecule has 2 aromatic heterocycles. The van der Waals surface area contributed by atoms with Gasteiger partial charge in [0.15, 0.2) is 0 Å². The van der Waals surface area contributed by atoms with Crippen LogP contribution in [0, 0.1) is 0 Å². The quantitative estimate of drug-likeness (QED) is 0.727. The summed E-state index contributed by atoms with van der Waals surface area (Å²) in [5.74, 6) is 0.733. The van der Waals surface area contributed by atoms with E-state index in [0.29, 0.717) is 0 Å². The van der Waals surface area contributed by atoms with Gasteiger partial charge in [-0.05, 0) is 46.3 Å². The highest BCUT2D eigenvalue weighted by molar-refractivity contribution is 7.16. The maximum absolute atomic E-state index is 5.96. The van der Waals surface area contributed by atoms with Gasteiger partial charge in [0, 0.05) is 11.9 Å². The van der Waals surface area contributed by atoms with Crippen LogP contribution in [0.1, 0.15) is 11.1 Å². The van der Waals surface area contributed by atoms with E-state index >= 15 is 0 Å². The molecular formula is C14H9ClN4S. The maximum Gasteiger partial charge on any atom is 0.225 e. The molecule has 3 aromatic rings. The summed E-state index contributed by atoms with van der Waals surface area (Å²) < 4.78 is 0. The molecule has 20 heavy (non-hydrogen) atoms. The Kier molecular flexibility index (Phi) is 2.68. The van der Waals surface area contributed by atoms with Crippen molar-refractivity contribution in [3.63, 3.8) is 0 Å². The number of thiophene rings is 1. The average molecular weight is 301 g/mol. The van der Waals surface area contributed by atoms with E-state index in [1.54, 1.807) is 11.3 Å². The third-order valence-electron chi connectivity index (χ3n) is 3.20. The van der Waals surface area contributed by atoms with E-state index in [4.69, 9.17) is 11.6 Å². The molecule has 0 saturated carbocycles. The van der Waals surface area contributed by atoms with Gasteiger partial charge in [0.05, 0.1) is 11.9 Å². The largest absolute Gasteiger partial charge is 0.340 e. The summed E-state index contributed by atoms with van der Waals surface area (Å²) in [6.45, 7) is 0.768. The second-order valence-electron chi connectivity index (χ2n) is 4.49. The van der Waals surface area contributed by atoms with Crippen LogP contribution in [0.4, 0.5) is 11.5 Å². The summed E-state index contributed by atoms with van der Waals surface area (Å²) >= 11 is 7.51. The second kappa shape index (κ2) is 4.54. The van der Waals surface area contributed by atoms with Crippen molar-refractivity contribution in [3.05, 3.63) is 46.1 Å². The van der Waals surface area contributed by atoms with Crippen LogP contribution in [-0.4, -0.2) is 16.2 Å². The minimum atomic E-state index is 0.255. The van der Waals surface area contributed by atoms with Gasteiger partial charge in [-0.1, -0.05) is 6.07 Å². The molecule has 0 radical (unpaired) electrons. The highest BCUT2D eigenvalue weighted by Crippen LogP contribution is 2.29. The molecule has 0 fully saturated rings. The summed E-state index contributed by atoms with van der Waals surface area (Å²) in [7, 11) is 0. The Balaban J connectivity index is 1.77. The predicted octanol–water partition coefficient (Wildman–Crippen LogP) is 4.02. The Bertz CT molecular complexity index is 840. The van der Waals surface area contributed by atoms with E-state index in [2.05, 4.69) is 32.4 Å². The number of nitrogens with zero attached hydrogens (tertiary/aromatic N) is 3. The average Bonchev–Trinajstić information content (AvgIpc) is 3.05. The van der Waals surface area contributed by atoms with Crippen LogP contribution in [0.5, 0.6) is 0 Å². The Morgan fingerprint density at radius 3 is 3.10 bits per heavy atom. The highest BCUT2D eigenvalue weighted by atomic mass is 35.5. The lowest BCUT2D eigenvalue weighted by molar-refractivity contribution is 1.11. The molecule has 0 amide bonds. The number of aromatic nitrogens is 2. The van der Waals surface area contributed by atoms with Crippen LogP contribution in [0.2, 0.25) is 5.28 Å². The van der Waals surface area contributed by atoms with Crippen LogP contribution >= 0.6 is 22.9 Å². The minimum Gasteiger partial charge on any atom is -0.340 e. The van der Waals surface area contributed by atoms with Crippen molar-refractivity contribution in [1.82, 2.24) is 9.97 Å². The number of aliphatic imine (C=N–C) groups is 1. The predicted molar refractivity (Wildman–Crippen MR) is 83.4 cm³/mol. The molecule has 4 rings (SSSR count). The molecule has 0 spiro atoms. The highest BCUT2D eigenvalue weighted by Gasteiger charge is 2.10. The third kappa shape index (κ3) is 1.95. The smallest absolute Gasteiger partial charge is 0.225 e. The molecule has 1 aliphatic rings. The molecule has 6 heteroatoms. The second-order valence-corrected chi connectivity index (χ2v) is 5.72. The molecule has 98 valence electrons. The molecule has 4 nitrogen and oxygen atoms in total. The Morgan fingerprint density at radius 1 is 1.20 bits per heavy atom. The van der Waals surface area contributed by atoms with Crippen LogP contribution in [0.3, 0.4) is 0 Å². The van der Waals surface area contributed by atoms with Crippen molar-refractivity contribution >= 4 is 50.9 Å². The summed E-state index contributed by atoms with van der Waals surface area (Å²) in [6, 6.07) is 8.17. The molecular weight excluding hydrogens is 292 g/mol. The molecule has 0 unspecified atom stereocenters. The normalized spacial score (nSPS) is 12.8. The molecule has 1 N–H and O–H groups in total. The van der Waals surface area contributed by atoms with Crippen molar-refractivity contribution in [3.8, 4) is 0 Å². The van der Waals surface area contributed by atoms with Gasteiger partial charge < -0.3 is 5.32 Å². The summed E-state index contributed by atoms with van der Waals surface area (Å²) in [6.07, 6.45) is 1.90. The summed E-state index contributed by atoms with van der Waals surface area (Å²) in [4.78, 5) is 13.6. The molecule has 1 aliphatic heterocycles. The lowest BCUT2D eigenvalue weighted by Crippen LogP contribution is -1.97. The number of hydrogen-bond acceptors (Lipinski definition) is 5. The van der Waals surface area contributed by atoms with Crippen LogP contribution in [-0.2, 0) is 6.54 Å². The summed E-state index contributed by atoms with van der Waals surface area (Å²) in [5, 5.41) is 6.53. The van der Waals surface area contributed by atoms with Crippen molar-refractivity contribution < 1.29 is 0 Å². The fraction of sp³-hybridized carbons (Fsp3) is 0.0714. The van der Waals surface area contributed by atoms with Crippen LogP contribution < -0.4 is 5.32 Å². The lowest BCUT2D eigenvalue weighted by Gasteiger charge is -2.08. The van der Waals surface area contributed by atoms with Gasteiger partial charge in [0.1, 0.15) is 10.6 Å². The maximum atomic E-state index is 5.96. The minimum absolute atomic E-state index is 0.255. The SMILES string of the molecule is Clc1nc(Nc2ccc3c(c2)C=NC3)c2ccsc2n1. The van der Waals surface area contributed by atoms with E-state index in [1.165, 1.54) is 5.56 Å². The van der Waals surface area contributed by atoms with Crippen molar-refractivity contribution in [1.29, 1.82) is 0 Å². The molecule has 0 bridgehead atoms. The van der Waals surface area contributed by atoms with Crippen molar-refractivity contribution in [2.24, 2.45) is 4.99 Å². The van der Waals surface area contributed by atoms with Gasteiger partial charge in [-0.3, -0.25) is 4.99 Å². The van der Waals surface area contributed by atoms with E-state index in [0.717, 1.165) is 33.8 Å². The fourth-order valence-electron chi connectivity index (χ4n) is 2.24. The first-order chi connectivity index (χ1) is 9.79. The number of anilines is 2. The number of benzene rings is 1. The zero-order valence-electron chi connectivity index (χ0n) is 10.3. The summed E-state index contributed by atoms with van der Waals surface area (Å²) in [5.41, 5.74) is 3.37. The van der Waals surface area contributed by atoms with Gasteiger partial charge in [-0.2, -0.15) is 4.98 Å². The van der Waals surface area contributed by atoms with Crippen LogP contribution in [0.25, 0.3) is 10.2 Å². The van der Waals surface area contributed by atoms with Gasteiger partial charge >= 0.3 is 0 Å². The van der Waals surface area contributed by atoms with Gasteiger partial charge in [0.2, 0.25) is 5.28 Å². The van der Waals surface area contributed by atoms with E-state index in [9.17, 15) is 0 Å². The number of rotatable bonds is 2. The Hall–Kier alpha value is -1.98. The zero-order chi connectivity index (χ0) is 13.5. The van der Waals surface area contributed by atoms with Crippen molar-refractivity contribution in [2.45, 2.75) is 6.54 Å². The molecule has 0 atom stereocenters. The third-order valence-corrected chi connectivity index (χ3v) is 4.17. The number of hydrogen-bond donors (Lipinski definition) is 1. The van der Waals surface area contributed by atoms with Crippen LogP contribution in [0.15, 0.2) is 34.6 Å². The standard InChI is InChI=1S/C14H9ClN4S/c15-14-18-12(11-3-4-20-13(11)19-14)17-10-2-1-8-6-16-7-9(8)5-10/h1-5,7H,6H2,(H,17,18,19). The van der Waals surface area contributed by atoms with E-state index < -0.39 is 0 Å². The monoisotopic (exact) mass is 300 g/mol. The van der Waals surface area contributed by atoms with Crippen molar-refractivity contribution in [2.75, 3.05) is 5.32 Å². The Morgan fingerprint density at radius 2 is 2.15 bits per heavy atom. The first-order valence-electron chi connectivity index (χ1n) is 6.10. The van der Waals surface area contributed by atoms with Gasteiger partial charge in [-0.25, -0.2) is 4.98 Å². The number of fused-ring (bicyclic) bond motifs is 2. The molecule has 0 saturated heterocycles. The van der Waals surface area contributed by atoms with E-state index in [-0.39, 0.29) is 5.28 Å². The fourth-order valence-corrected chi connectivity index (χ4v) is 3.22. The van der Waals surface area contributed by atoms with E-state index in [1.807, 2.05) is 23.7 Å². The number of nitrogens with one attached hydrogen (secondary N) is 1. The zero-order valence-corrected chi connectivity index (χ0v) is 11.9. The molecule has 0 aliphatic carbocycles. The molecule has 1 aromatic carbocycles. The first kappa shape index (κ1) is 11.8. The number of halogens is 1.